The lowest BCUT2D eigenvalue weighted by Gasteiger charge is -2.15. The van der Waals surface area contributed by atoms with Crippen LogP contribution in [0.4, 0.5) is 18.9 Å². The summed E-state index contributed by atoms with van der Waals surface area (Å²) in [5.41, 5.74) is 0.235. The van der Waals surface area contributed by atoms with Gasteiger partial charge in [0.25, 0.3) is 0 Å². The van der Waals surface area contributed by atoms with Gasteiger partial charge in [0.05, 0.1) is 28.9 Å². The molecule has 12 heteroatoms. The number of aryl methyl sites for hydroxylation is 3. The summed E-state index contributed by atoms with van der Waals surface area (Å²) in [7, 11) is -3.68. The Hall–Kier alpha value is -3.28. The maximum absolute atomic E-state index is 13.0. The van der Waals surface area contributed by atoms with Crippen LogP contribution in [-0.4, -0.2) is 34.6 Å². The van der Waals surface area contributed by atoms with Gasteiger partial charge in [-0.1, -0.05) is 0 Å². The molecular formula is C19H18F3N5O3S. The van der Waals surface area contributed by atoms with Gasteiger partial charge in [-0.3, -0.25) is 9.71 Å². The van der Waals surface area contributed by atoms with Crippen LogP contribution in [0.25, 0.3) is 11.3 Å². The van der Waals surface area contributed by atoms with E-state index >= 15 is 0 Å². The second-order valence-electron chi connectivity index (χ2n) is 6.76. The summed E-state index contributed by atoms with van der Waals surface area (Å²) in [6.07, 6.45) is -1.70. The van der Waals surface area contributed by atoms with E-state index in [1.807, 2.05) is 0 Å². The van der Waals surface area contributed by atoms with E-state index in [4.69, 9.17) is 4.74 Å². The van der Waals surface area contributed by atoms with E-state index in [9.17, 15) is 21.6 Å². The first-order valence-corrected chi connectivity index (χ1v) is 10.7. The topological polar surface area (TPSA) is 107 Å². The van der Waals surface area contributed by atoms with Gasteiger partial charge in [0.2, 0.25) is 15.9 Å². The van der Waals surface area contributed by atoms with Crippen molar-refractivity contribution >= 4 is 15.7 Å². The van der Waals surface area contributed by atoms with Crippen LogP contribution >= 0.6 is 0 Å². The molecule has 0 aliphatic carbocycles. The first kappa shape index (κ1) is 22.4. The van der Waals surface area contributed by atoms with Gasteiger partial charge < -0.3 is 4.74 Å². The fourth-order valence-corrected chi connectivity index (χ4v) is 3.36. The highest BCUT2D eigenvalue weighted by Gasteiger charge is 2.31. The summed E-state index contributed by atoms with van der Waals surface area (Å²) in [5.74, 6) is 0.613. The summed E-state index contributed by atoms with van der Waals surface area (Å²) in [4.78, 5) is 16.3. The minimum Gasteiger partial charge on any atom is -0.433 e. The number of sulfonamides is 1. The first-order valence-electron chi connectivity index (χ1n) is 8.84. The van der Waals surface area contributed by atoms with Crippen LogP contribution in [0.1, 0.15) is 22.8 Å². The molecule has 0 unspecified atom stereocenters. The van der Waals surface area contributed by atoms with E-state index in [0.717, 1.165) is 12.3 Å². The number of pyridine rings is 2. The Balaban J connectivity index is 2.12. The number of nitrogens with one attached hydrogen (secondary N) is 1. The number of anilines is 1. The normalized spacial score (nSPS) is 12.0. The molecule has 0 atom stereocenters. The summed E-state index contributed by atoms with van der Waals surface area (Å²) in [5, 5.41) is 0. The van der Waals surface area contributed by atoms with Gasteiger partial charge >= 0.3 is 6.18 Å². The lowest BCUT2D eigenvalue weighted by molar-refractivity contribution is -0.137. The maximum atomic E-state index is 13.0. The lowest BCUT2D eigenvalue weighted by atomic mass is 10.1. The van der Waals surface area contributed by atoms with Crippen LogP contribution in [0.3, 0.4) is 0 Å². The Morgan fingerprint density at radius 2 is 1.65 bits per heavy atom. The SMILES string of the molecule is Cc1nc(C)c(Oc2nc(-c3cncc(C(F)(F)F)c3)ccc2NS(C)(=O)=O)c(C)n1. The van der Waals surface area contributed by atoms with E-state index in [0.29, 0.717) is 23.4 Å². The molecule has 0 radical (unpaired) electrons. The Labute approximate surface area is 176 Å². The van der Waals surface area contributed by atoms with Crippen molar-refractivity contribution in [3.8, 4) is 22.9 Å². The minimum atomic E-state index is -4.58. The highest BCUT2D eigenvalue weighted by atomic mass is 32.2. The molecule has 0 aliphatic heterocycles. The van der Waals surface area contributed by atoms with Gasteiger partial charge in [-0.15, -0.1) is 0 Å². The van der Waals surface area contributed by atoms with Crippen LogP contribution in [-0.2, 0) is 16.2 Å². The highest BCUT2D eigenvalue weighted by molar-refractivity contribution is 7.92. The average Bonchev–Trinajstić information content (AvgIpc) is 2.64. The second-order valence-corrected chi connectivity index (χ2v) is 8.50. The number of aromatic nitrogens is 4. The Morgan fingerprint density at radius 3 is 2.23 bits per heavy atom. The Bertz CT molecular complexity index is 1220. The van der Waals surface area contributed by atoms with Crippen molar-refractivity contribution in [2.45, 2.75) is 26.9 Å². The van der Waals surface area contributed by atoms with E-state index < -0.39 is 21.8 Å². The smallest absolute Gasteiger partial charge is 0.417 e. The van der Waals surface area contributed by atoms with Crippen molar-refractivity contribution in [3.05, 3.63) is 53.4 Å². The zero-order valence-electron chi connectivity index (χ0n) is 16.9. The molecule has 3 rings (SSSR count). The van der Waals surface area contributed by atoms with Gasteiger partial charge in [0.15, 0.2) is 5.75 Å². The molecule has 3 aromatic rings. The first-order chi connectivity index (χ1) is 14.3. The average molecular weight is 453 g/mol. The standard InChI is InChI=1S/C19H18F3N5O3S/c1-10-17(11(2)25-12(3)24-10)30-18-16(27-31(4,28)29)6-5-15(26-18)13-7-14(9-23-8-13)19(20,21)22/h5-9,27H,1-4H3. The molecule has 0 bridgehead atoms. The predicted molar refractivity (Wildman–Crippen MR) is 107 cm³/mol. The third-order valence-electron chi connectivity index (χ3n) is 4.03. The van der Waals surface area contributed by atoms with Crippen molar-refractivity contribution in [2.24, 2.45) is 0 Å². The van der Waals surface area contributed by atoms with E-state index in [2.05, 4.69) is 24.7 Å². The molecule has 0 spiro atoms. The molecule has 3 heterocycles. The summed E-state index contributed by atoms with van der Waals surface area (Å²) < 4.78 is 70.7. The largest absolute Gasteiger partial charge is 0.433 e. The van der Waals surface area contributed by atoms with Crippen LogP contribution in [0.5, 0.6) is 11.6 Å². The Morgan fingerprint density at radius 1 is 1.00 bits per heavy atom. The van der Waals surface area contributed by atoms with E-state index in [-0.39, 0.29) is 28.6 Å². The second kappa shape index (κ2) is 8.10. The van der Waals surface area contributed by atoms with Gasteiger partial charge in [0.1, 0.15) is 11.5 Å². The van der Waals surface area contributed by atoms with Crippen molar-refractivity contribution in [1.82, 2.24) is 19.9 Å². The van der Waals surface area contributed by atoms with E-state index in [1.165, 1.54) is 18.3 Å². The fraction of sp³-hybridized carbons (Fsp3) is 0.263. The number of hydrogen-bond acceptors (Lipinski definition) is 7. The number of halogens is 3. The number of hydrogen-bond donors (Lipinski definition) is 1. The van der Waals surface area contributed by atoms with Gasteiger partial charge in [0, 0.05) is 18.0 Å². The molecule has 0 saturated carbocycles. The van der Waals surface area contributed by atoms with Crippen LogP contribution in [0, 0.1) is 20.8 Å². The third kappa shape index (κ3) is 5.45. The van der Waals surface area contributed by atoms with Crippen molar-refractivity contribution in [1.29, 1.82) is 0 Å². The fourth-order valence-electron chi connectivity index (χ4n) is 2.81. The van der Waals surface area contributed by atoms with Gasteiger partial charge in [-0.05, 0) is 39.0 Å². The van der Waals surface area contributed by atoms with E-state index in [1.54, 1.807) is 20.8 Å². The van der Waals surface area contributed by atoms with Crippen LogP contribution < -0.4 is 9.46 Å². The molecular weight excluding hydrogens is 435 g/mol. The molecule has 0 amide bonds. The minimum absolute atomic E-state index is 0.00515. The van der Waals surface area contributed by atoms with Crippen LogP contribution in [0.2, 0.25) is 0 Å². The zero-order valence-corrected chi connectivity index (χ0v) is 17.8. The molecule has 0 aliphatic rings. The summed E-state index contributed by atoms with van der Waals surface area (Å²) >= 11 is 0. The number of nitrogens with zero attached hydrogens (tertiary/aromatic N) is 4. The molecule has 8 nitrogen and oxygen atoms in total. The molecule has 164 valence electrons. The number of ether oxygens (including phenoxy) is 1. The third-order valence-corrected chi connectivity index (χ3v) is 4.62. The highest BCUT2D eigenvalue weighted by Crippen LogP contribution is 2.35. The molecule has 0 saturated heterocycles. The summed E-state index contributed by atoms with van der Waals surface area (Å²) in [6, 6.07) is 3.61. The van der Waals surface area contributed by atoms with Crippen molar-refractivity contribution in [3.63, 3.8) is 0 Å². The van der Waals surface area contributed by atoms with Crippen molar-refractivity contribution in [2.75, 3.05) is 11.0 Å². The molecule has 31 heavy (non-hydrogen) atoms. The zero-order chi connectivity index (χ0) is 23.0. The van der Waals surface area contributed by atoms with Crippen LogP contribution in [0.15, 0.2) is 30.6 Å². The molecule has 0 fully saturated rings. The Kier molecular flexibility index (Phi) is 5.85. The summed E-state index contributed by atoms with van der Waals surface area (Å²) in [6.45, 7) is 5.07. The predicted octanol–water partition coefficient (Wildman–Crippen LogP) is 4.04. The maximum Gasteiger partial charge on any atom is 0.417 e. The van der Waals surface area contributed by atoms with Crippen molar-refractivity contribution < 1.29 is 26.3 Å². The molecule has 0 aromatic carbocycles. The van der Waals surface area contributed by atoms with Gasteiger partial charge in [-0.2, -0.15) is 13.2 Å². The lowest BCUT2D eigenvalue weighted by Crippen LogP contribution is -2.11. The monoisotopic (exact) mass is 453 g/mol. The van der Waals surface area contributed by atoms with Gasteiger partial charge in [-0.25, -0.2) is 23.4 Å². The number of rotatable bonds is 5. The number of alkyl halides is 3. The molecule has 3 aromatic heterocycles. The quantitative estimate of drug-likeness (QED) is 0.621. The molecule has 1 N–H and O–H groups in total.